The van der Waals surface area contributed by atoms with E-state index in [1.807, 2.05) is 26.8 Å². The summed E-state index contributed by atoms with van der Waals surface area (Å²) in [6.07, 6.45) is 0. The fourth-order valence-corrected chi connectivity index (χ4v) is 2.16. The quantitative estimate of drug-likeness (QED) is 0.856. The summed E-state index contributed by atoms with van der Waals surface area (Å²) in [5.41, 5.74) is 8.47. The van der Waals surface area contributed by atoms with Crippen LogP contribution in [-0.4, -0.2) is 20.4 Å². The molecule has 0 aliphatic rings. The molecule has 0 saturated heterocycles. The molecular weight excluding hydrogens is 222 g/mol. The zero-order valence-electron chi connectivity index (χ0n) is 9.43. The summed E-state index contributed by atoms with van der Waals surface area (Å²) in [7, 11) is 0. The molecule has 0 radical (unpaired) electrons. The number of aromatic nitrogens is 4. The molecule has 16 heavy (non-hydrogen) atoms. The second-order valence-corrected chi connectivity index (χ2v) is 4.73. The second-order valence-electron chi connectivity index (χ2n) is 3.72. The van der Waals surface area contributed by atoms with Gasteiger partial charge in [-0.3, -0.25) is 0 Å². The Labute approximate surface area is 97.7 Å². The molecule has 0 saturated carbocycles. The van der Waals surface area contributed by atoms with Crippen molar-refractivity contribution in [1.29, 1.82) is 0 Å². The van der Waals surface area contributed by atoms with Gasteiger partial charge < -0.3 is 5.73 Å². The maximum absolute atomic E-state index is 5.75. The van der Waals surface area contributed by atoms with Gasteiger partial charge in [-0.25, -0.2) is 0 Å². The van der Waals surface area contributed by atoms with E-state index in [-0.39, 0.29) is 6.04 Å². The third-order valence-corrected chi connectivity index (χ3v) is 3.32. The van der Waals surface area contributed by atoms with Crippen molar-refractivity contribution >= 4 is 11.3 Å². The van der Waals surface area contributed by atoms with Crippen LogP contribution < -0.4 is 5.73 Å². The lowest BCUT2D eigenvalue weighted by atomic mass is 10.2. The number of aryl methyl sites for hydroxylation is 2. The monoisotopic (exact) mass is 235 g/mol. The first-order chi connectivity index (χ1) is 7.58. The Bertz CT molecular complexity index is 506. The van der Waals surface area contributed by atoms with Gasteiger partial charge in [0.15, 0.2) is 0 Å². The Balaban J connectivity index is 2.46. The van der Waals surface area contributed by atoms with Gasteiger partial charge in [-0.1, -0.05) is 11.3 Å². The van der Waals surface area contributed by atoms with E-state index in [2.05, 4.69) is 20.4 Å². The summed E-state index contributed by atoms with van der Waals surface area (Å²) in [4.78, 5) is 0. The van der Waals surface area contributed by atoms with E-state index in [1.54, 1.807) is 0 Å². The molecule has 0 spiro atoms. The van der Waals surface area contributed by atoms with E-state index in [0.29, 0.717) is 0 Å². The van der Waals surface area contributed by atoms with E-state index in [9.17, 15) is 0 Å². The third kappa shape index (κ3) is 2.07. The molecule has 1 atom stereocenters. The Kier molecular flexibility index (Phi) is 2.93. The summed E-state index contributed by atoms with van der Waals surface area (Å²) in [6, 6.07) is 1.89. The largest absolute Gasteiger partial charge is 0.322 e. The van der Waals surface area contributed by atoms with E-state index in [0.717, 1.165) is 27.0 Å². The predicted molar refractivity (Wildman–Crippen MR) is 63.0 cm³/mol. The zero-order chi connectivity index (χ0) is 11.7. The van der Waals surface area contributed by atoms with Crippen molar-refractivity contribution in [1.82, 2.24) is 20.4 Å². The van der Waals surface area contributed by atoms with Gasteiger partial charge in [-0.2, -0.15) is 10.2 Å². The fraction of sp³-hybridized carbons (Fsp3) is 0.400. The summed E-state index contributed by atoms with van der Waals surface area (Å²) in [5.74, 6) is 0. The Hall–Kier alpha value is -1.40. The number of nitrogens with zero attached hydrogens (tertiary/aromatic N) is 4. The van der Waals surface area contributed by atoms with Crippen LogP contribution in [0.25, 0.3) is 10.6 Å². The van der Waals surface area contributed by atoms with Gasteiger partial charge in [0.2, 0.25) is 0 Å². The van der Waals surface area contributed by atoms with E-state index >= 15 is 0 Å². The Morgan fingerprint density at radius 3 is 2.56 bits per heavy atom. The Morgan fingerprint density at radius 1 is 1.19 bits per heavy atom. The first-order valence-electron chi connectivity index (χ1n) is 4.98. The SMILES string of the molecule is Cc1cc(-c2nnc(C(C)N)s2)c(C)nn1. The van der Waals surface area contributed by atoms with Gasteiger partial charge in [0.25, 0.3) is 0 Å². The van der Waals surface area contributed by atoms with Crippen molar-refractivity contribution in [2.24, 2.45) is 5.73 Å². The molecule has 0 aliphatic carbocycles. The third-order valence-electron chi connectivity index (χ3n) is 2.16. The topological polar surface area (TPSA) is 77.6 Å². The Morgan fingerprint density at radius 2 is 1.94 bits per heavy atom. The summed E-state index contributed by atoms with van der Waals surface area (Å²) in [5, 5.41) is 17.9. The molecule has 0 amide bonds. The molecule has 2 rings (SSSR count). The highest BCUT2D eigenvalue weighted by Crippen LogP contribution is 2.27. The smallest absolute Gasteiger partial charge is 0.149 e. The highest BCUT2D eigenvalue weighted by molar-refractivity contribution is 7.14. The molecule has 2 heterocycles. The van der Waals surface area contributed by atoms with Crippen LogP contribution in [0.1, 0.15) is 29.4 Å². The first-order valence-corrected chi connectivity index (χ1v) is 5.80. The summed E-state index contributed by atoms with van der Waals surface area (Å²) in [6.45, 7) is 5.71. The van der Waals surface area contributed by atoms with Gasteiger partial charge in [0.1, 0.15) is 10.0 Å². The lowest BCUT2D eigenvalue weighted by Gasteiger charge is -2.00. The fourth-order valence-electron chi connectivity index (χ4n) is 1.29. The van der Waals surface area contributed by atoms with Crippen molar-refractivity contribution in [3.05, 3.63) is 22.5 Å². The molecule has 6 heteroatoms. The zero-order valence-corrected chi connectivity index (χ0v) is 10.2. The van der Waals surface area contributed by atoms with Crippen LogP contribution in [-0.2, 0) is 0 Å². The van der Waals surface area contributed by atoms with Crippen LogP contribution in [0, 0.1) is 13.8 Å². The van der Waals surface area contributed by atoms with Gasteiger partial charge in [0, 0.05) is 5.56 Å². The van der Waals surface area contributed by atoms with Crippen molar-refractivity contribution in [2.75, 3.05) is 0 Å². The normalized spacial score (nSPS) is 12.8. The molecule has 0 bridgehead atoms. The van der Waals surface area contributed by atoms with Crippen LogP contribution in [0.3, 0.4) is 0 Å². The maximum atomic E-state index is 5.75. The number of rotatable bonds is 2. The predicted octanol–water partition coefficient (Wildman–Crippen LogP) is 1.63. The molecule has 0 aromatic carbocycles. The van der Waals surface area contributed by atoms with E-state index < -0.39 is 0 Å². The lowest BCUT2D eigenvalue weighted by Crippen LogP contribution is -2.03. The lowest BCUT2D eigenvalue weighted by molar-refractivity contribution is 0.786. The minimum Gasteiger partial charge on any atom is -0.322 e. The van der Waals surface area contributed by atoms with Gasteiger partial charge in [-0.15, -0.1) is 10.2 Å². The van der Waals surface area contributed by atoms with E-state index in [1.165, 1.54) is 11.3 Å². The molecule has 0 aliphatic heterocycles. The average molecular weight is 235 g/mol. The van der Waals surface area contributed by atoms with Crippen molar-refractivity contribution in [3.8, 4) is 10.6 Å². The van der Waals surface area contributed by atoms with Crippen molar-refractivity contribution in [3.63, 3.8) is 0 Å². The molecular formula is C10H13N5S. The standard InChI is InChI=1S/C10H13N5S/c1-5-4-8(7(3)13-12-5)10-15-14-9(16-10)6(2)11/h4,6H,11H2,1-3H3. The molecule has 5 nitrogen and oxygen atoms in total. The molecule has 2 aromatic rings. The number of hydrogen-bond acceptors (Lipinski definition) is 6. The van der Waals surface area contributed by atoms with Gasteiger partial charge >= 0.3 is 0 Å². The maximum Gasteiger partial charge on any atom is 0.149 e. The minimum atomic E-state index is -0.0811. The van der Waals surface area contributed by atoms with Crippen LogP contribution >= 0.6 is 11.3 Å². The number of nitrogens with two attached hydrogens (primary N) is 1. The van der Waals surface area contributed by atoms with Crippen molar-refractivity contribution < 1.29 is 0 Å². The van der Waals surface area contributed by atoms with Crippen LogP contribution in [0.2, 0.25) is 0 Å². The highest BCUT2D eigenvalue weighted by Gasteiger charge is 2.12. The molecule has 1 unspecified atom stereocenters. The average Bonchev–Trinajstić information content (AvgIpc) is 2.70. The van der Waals surface area contributed by atoms with Gasteiger partial charge in [-0.05, 0) is 26.8 Å². The molecule has 2 N–H and O–H groups in total. The number of hydrogen-bond donors (Lipinski definition) is 1. The molecule has 0 fully saturated rings. The summed E-state index contributed by atoms with van der Waals surface area (Å²) < 4.78 is 0. The first kappa shape index (κ1) is 11.1. The van der Waals surface area contributed by atoms with E-state index in [4.69, 9.17) is 5.73 Å². The van der Waals surface area contributed by atoms with Crippen LogP contribution in [0.4, 0.5) is 0 Å². The van der Waals surface area contributed by atoms with Crippen LogP contribution in [0.15, 0.2) is 6.07 Å². The summed E-state index contributed by atoms with van der Waals surface area (Å²) >= 11 is 1.50. The highest BCUT2D eigenvalue weighted by atomic mass is 32.1. The minimum absolute atomic E-state index is 0.0811. The van der Waals surface area contributed by atoms with Crippen molar-refractivity contribution in [2.45, 2.75) is 26.8 Å². The molecule has 2 aromatic heterocycles. The molecule has 84 valence electrons. The second kappa shape index (κ2) is 4.23. The van der Waals surface area contributed by atoms with Gasteiger partial charge in [0.05, 0.1) is 17.4 Å². The van der Waals surface area contributed by atoms with Crippen LogP contribution in [0.5, 0.6) is 0 Å².